The molecule has 0 amide bonds. The molecule has 4 rings (SSSR count). The Morgan fingerprint density at radius 2 is 1.81 bits per heavy atom. The molecule has 1 saturated carbocycles. The summed E-state index contributed by atoms with van der Waals surface area (Å²) in [6.07, 6.45) is 3.39. The van der Waals surface area contributed by atoms with Crippen molar-refractivity contribution in [3.8, 4) is 0 Å². The Morgan fingerprint density at radius 1 is 1.19 bits per heavy atom. The van der Waals surface area contributed by atoms with E-state index in [4.69, 9.17) is 5.73 Å². The average molecular weight is 376 g/mol. The number of carbonyl (C=O) groups is 1. The zero-order chi connectivity index (χ0) is 19.5. The van der Waals surface area contributed by atoms with Crippen LogP contribution in [0.3, 0.4) is 0 Å². The summed E-state index contributed by atoms with van der Waals surface area (Å²) >= 11 is 0. The van der Waals surface area contributed by atoms with Gasteiger partial charge in [-0.2, -0.15) is 0 Å². The minimum Gasteiger partial charge on any atom is -0.396 e. The predicted octanol–water partition coefficient (Wildman–Crippen LogP) is 2.20. The zero-order valence-electron chi connectivity index (χ0n) is 15.3. The Bertz CT molecular complexity index is 990. The molecule has 0 bridgehead atoms. The van der Waals surface area contributed by atoms with Crippen LogP contribution in [0.5, 0.6) is 0 Å². The average Bonchev–Trinajstić information content (AvgIpc) is 3.44. The third-order valence-electron chi connectivity index (χ3n) is 5.33. The van der Waals surface area contributed by atoms with E-state index in [0.717, 1.165) is 12.8 Å². The van der Waals surface area contributed by atoms with Crippen molar-refractivity contribution in [2.75, 3.05) is 23.7 Å². The number of carbonyl (C=O) groups excluding carboxylic acids is 1. The highest BCUT2D eigenvalue weighted by Gasteiger charge is 2.33. The van der Waals surface area contributed by atoms with Crippen LogP contribution in [-0.4, -0.2) is 36.0 Å². The number of halogens is 2. The minimum atomic E-state index is -0.941. The number of hydrogen-bond acceptors (Lipinski definition) is 5. The zero-order valence-corrected chi connectivity index (χ0v) is 15.3. The van der Waals surface area contributed by atoms with Crippen molar-refractivity contribution in [1.82, 2.24) is 9.88 Å². The van der Waals surface area contributed by atoms with Crippen molar-refractivity contribution in [3.05, 3.63) is 33.6 Å². The molecule has 1 aromatic carbocycles. The molecule has 1 saturated heterocycles. The van der Waals surface area contributed by atoms with Gasteiger partial charge in [0.1, 0.15) is 5.69 Å². The smallest absolute Gasteiger partial charge is 0.202 e. The number of nitrogens with one attached hydrogen (secondary N) is 1. The van der Waals surface area contributed by atoms with E-state index in [1.54, 1.807) is 9.47 Å². The van der Waals surface area contributed by atoms with Gasteiger partial charge in [-0.1, -0.05) is 0 Å². The fraction of sp³-hybridized carbons (Fsp3) is 0.474. The standard InChI is InChI=1S/C19H22F2N4O2/c1-9-5-24(6-10(2)23-9)18-14(20)16(22)13-17(15(18)21)25(12-3-4-12)7-11(8-26)19(13)27/h7-10,12,23H,3-6,22H2,1-2H3. The number of pyridine rings is 1. The summed E-state index contributed by atoms with van der Waals surface area (Å²) in [6.45, 7) is 4.73. The highest BCUT2D eigenvalue weighted by molar-refractivity contribution is 5.97. The second kappa shape index (κ2) is 6.30. The Hall–Kier alpha value is -2.48. The molecule has 2 atom stereocenters. The van der Waals surface area contributed by atoms with E-state index in [0.29, 0.717) is 19.4 Å². The Balaban J connectivity index is 2.04. The van der Waals surface area contributed by atoms with Gasteiger partial charge in [0.25, 0.3) is 0 Å². The van der Waals surface area contributed by atoms with Crippen molar-refractivity contribution < 1.29 is 13.6 Å². The van der Waals surface area contributed by atoms with Crippen molar-refractivity contribution >= 4 is 28.6 Å². The molecule has 2 aromatic rings. The lowest BCUT2D eigenvalue weighted by Crippen LogP contribution is -2.54. The third kappa shape index (κ3) is 2.79. The van der Waals surface area contributed by atoms with E-state index in [9.17, 15) is 9.59 Å². The topological polar surface area (TPSA) is 80.4 Å². The number of nitrogens with two attached hydrogens (primary N) is 1. The molecule has 0 spiro atoms. The fourth-order valence-corrected chi connectivity index (χ4v) is 4.08. The second-order valence-electron chi connectivity index (χ2n) is 7.66. The molecule has 3 N–H and O–H groups in total. The van der Waals surface area contributed by atoms with Crippen molar-refractivity contribution in [1.29, 1.82) is 0 Å². The van der Waals surface area contributed by atoms with E-state index >= 15 is 8.78 Å². The van der Waals surface area contributed by atoms with Crippen molar-refractivity contribution in [2.45, 2.75) is 44.8 Å². The van der Waals surface area contributed by atoms with Crippen LogP contribution in [0.15, 0.2) is 11.0 Å². The summed E-state index contributed by atoms with van der Waals surface area (Å²) in [7, 11) is 0. The molecule has 2 fully saturated rings. The first-order valence-corrected chi connectivity index (χ1v) is 9.14. The van der Waals surface area contributed by atoms with E-state index in [2.05, 4.69) is 5.32 Å². The summed E-state index contributed by atoms with van der Waals surface area (Å²) in [5.74, 6) is -1.73. The van der Waals surface area contributed by atoms with Crippen LogP contribution in [0.2, 0.25) is 0 Å². The number of fused-ring (bicyclic) bond motifs is 1. The van der Waals surface area contributed by atoms with E-state index in [1.165, 1.54) is 6.20 Å². The SMILES string of the molecule is CC1CN(c2c(F)c(N)c3c(=O)c(C=O)cn(C4CC4)c3c2F)CC(C)N1. The number of piperazine rings is 1. The summed E-state index contributed by atoms with van der Waals surface area (Å²) in [6, 6.07) is 0.0833. The molecule has 1 aromatic heterocycles. The van der Waals surface area contributed by atoms with Gasteiger partial charge in [-0.3, -0.25) is 9.59 Å². The molecule has 2 aliphatic rings. The Kier molecular flexibility index (Phi) is 4.18. The summed E-state index contributed by atoms with van der Waals surface area (Å²) in [4.78, 5) is 25.5. The molecule has 1 aliphatic heterocycles. The number of aromatic nitrogens is 1. The quantitative estimate of drug-likeness (QED) is 0.634. The van der Waals surface area contributed by atoms with E-state index in [-0.39, 0.29) is 40.3 Å². The molecule has 0 radical (unpaired) electrons. The van der Waals surface area contributed by atoms with Crippen LogP contribution in [0.25, 0.3) is 10.9 Å². The van der Waals surface area contributed by atoms with Gasteiger partial charge < -0.3 is 20.5 Å². The third-order valence-corrected chi connectivity index (χ3v) is 5.33. The van der Waals surface area contributed by atoms with Gasteiger partial charge in [-0.05, 0) is 26.7 Å². The highest BCUT2D eigenvalue weighted by Crippen LogP contribution is 2.41. The van der Waals surface area contributed by atoms with Crippen LogP contribution in [0.1, 0.15) is 43.1 Å². The number of nitrogen functional groups attached to an aromatic ring is 1. The molecule has 1 aliphatic carbocycles. The number of aldehydes is 1. The van der Waals surface area contributed by atoms with Gasteiger partial charge >= 0.3 is 0 Å². The lowest BCUT2D eigenvalue weighted by atomic mass is 10.0. The van der Waals surface area contributed by atoms with Crippen LogP contribution in [0, 0.1) is 11.6 Å². The molecule has 2 unspecified atom stereocenters. The first-order chi connectivity index (χ1) is 12.8. The number of hydrogen-bond donors (Lipinski definition) is 2. The number of benzene rings is 1. The molecular weight excluding hydrogens is 354 g/mol. The highest BCUT2D eigenvalue weighted by atomic mass is 19.1. The maximum absolute atomic E-state index is 15.6. The fourth-order valence-electron chi connectivity index (χ4n) is 4.08. The molecule has 27 heavy (non-hydrogen) atoms. The summed E-state index contributed by atoms with van der Waals surface area (Å²) in [5.41, 5.74) is 4.47. The molecule has 144 valence electrons. The first kappa shape index (κ1) is 17.9. The number of rotatable bonds is 3. The van der Waals surface area contributed by atoms with Gasteiger partial charge in [0.15, 0.2) is 17.9 Å². The molecule has 8 heteroatoms. The largest absolute Gasteiger partial charge is 0.396 e. The van der Waals surface area contributed by atoms with Gasteiger partial charge in [0, 0.05) is 37.4 Å². The Labute approximate surface area is 154 Å². The maximum Gasteiger partial charge on any atom is 0.202 e. The van der Waals surface area contributed by atoms with Crippen LogP contribution in [-0.2, 0) is 0 Å². The van der Waals surface area contributed by atoms with Crippen LogP contribution < -0.4 is 21.4 Å². The van der Waals surface area contributed by atoms with Crippen molar-refractivity contribution in [3.63, 3.8) is 0 Å². The first-order valence-electron chi connectivity index (χ1n) is 9.14. The molecular formula is C19H22F2N4O2. The lowest BCUT2D eigenvalue weighted by Gasteiger charge is -2.38. The minimum absolute atomic E-state index is 0.0131. The number of anilines is 2. The number of nitrogens with zero attached hydrogens (tertiary/aromatic N) is 2. The van der Waals surface area contributed by atoms with E-state index < -0.39 is 22.8 Å². The van der Waals surface area contributed by atoms with Crippen LogP contribution >= 0.6 is 0 Å². The van der Waals surface area contributed by atoms with Gasteiger partial charge in [-0.25, -0.2) is 8.78 Å². The van der Waals surface area contributed by atoms with Gasteiger partial charge in [0.05, 0.1) is 22.2 Å². The van der Waals surface area contributed by atoms with Crippen molar-refractivity contribution in [2.24, 2.45) is 0 Å². The maximum atomic E-state index is 15.6. The summed E-state index contributed by atoms with van der Waals surface area (Å²) in [5, 5.41) is 3.07. The molecule has 6 nitrogen and oxygen atoms in total. The monoisotopic (exact) mass is 376 g/mol. The van der Waals surface area contributed by atoms with Gasteiger partial charge in [0.2, 0.25) is 5.43 Å². The Morgan fingerprint density at radius 3 is 2.37 bits per heavy atom. The molecule has 2 heterocycles. The normalized spacial score (nSPS) is 23.0. The predicted molar refractivity (Wildman–Crippen MR) is 100 cm³/mol. The van der Waals surface area contributed by atoms with Gasteiger partial charge in [-0.15, -0.1) is 0 Å². The van der Waals surface area contributed by atoms with E-state index in [1.807, 2.05) is 13.8 Å². The van der Waals surface area contributed by atoms with Crippen LogP contribution in [0.4, 0.5) is 20.2 Å². The lowest BCUT2D eigenvalue weighted by molar-refractivity contribution is 0.112. The summed E-state index contributed by atoms with van der Waals surface area (Å²) < 4.78 is 32.3. The second-order valence-corrected chi connectivity index (χ2v) is 7.66.